The van der Waals surface area contributed by atoms with Gasteiger partial charge in [-0.15, -0.1) is 0 Å². The Bertz CT molecular complexity index is 493. The zero-order valence-corrected chi connectivity index (χ0v) is 12.9. The quantitative estimate of drug-likeness (QED) is 0.739. The number of anilines is 1. The topological polar surface area (TPSA) is 87.7 Å². The minimum Gasteiger partial charge on any atom is -0.481 e. The Labute approximate surface area is 125 Å². The molecular formula is C13H17BrN2O4. The molecule has 1 unspecified atom stereocenters. The summed E-state index contributed by atoms with van der Waals surface area (Å²) in [6.07, 6.45) is -0.714. The number of carbonyl (C=O) groups excluding carboxylic acids is 1. The summed E-state index contributed by atoms with van der Waals surface area (Å²) in [4.78, 5) is 22.3. The molecule has 6 nitrogen and oxygen atoms in total. The van der Waals surface area contributed by atoms with Crippen molar-refractivity contribution in [3.05, 3.63) is 28.2 Å². The van der Waals surface area contributed by atoms with Gasteiger partial charge >= 0.3 is 12.0 Å². The lowest BCUT2D eigenvalue weighted by atomic mass is 10.2. The van der Waals surface area contributed by atoms with Gasteiger partial charge in [0.2, 0.25) is 0 Å². The monoisotopic (exact) mass is 344 g/mol. The maximum Gasteiger partial charge on any atom is 0.319 e. The van der Waals surface area contributed by atoms with Crippen LogP contribution in [0.5, 0.6) is 0 Å². The number of benzene rings is 1. The fourth-order valence-electron chi connectivity index (χ4n) is 1.55. The Balaban J connectivity index is 2.51. The average Bonchev–Trinajstić information content (AvgIpc) is 2.39. The summed E-state index contributed by atoms with van der Waals surface area (Å²) in [5.74, 6) is -0.970. The molecule has 1 atom stereocenters. The number of ether oxygens (including phenoxy) is 1. The minimum absolute atomic E-state index is 0.127. The summed E-state index contributed by atoms with van der Waals surface area (Å²) in [5, 5.41) is 14.0. The first-order chi connectivity index (χ1) is 9.43. The number of urea groups is 1. The Morgan fingerprint density at radius 3 is 2.75 bits per heavy atom. The number of carboxylic acid groups (broad SMARTS) is 1. The molecule has 3 N–H and O–H groups in total. The first-order valence-electron chi connectivity index (χ1n) is 5.98. The predicted molar refractivity (Wildman–Crippen MR) is 79.0 cm³/mol. The van der Waals surface area contributed by atoms with E-state index in [-0.39, 0.29) is 13.0 Å². The van der Waals surface area contributed by atoms with E-state index in [4.69, 9.17) is 9.84 Å². The van der Waals surface area contributed by atoms with Crippen molar-refractivity contribution in [3.63, 3.8) is 0 Å². The second-order valence-corrected chi connectivity index (χ2v) is 5.06. The van der Waals surface area contributed by atoms with E-state index < -0.39 is 18.1 Å². The molecule has 110 valence electrons. The van der Waals surface area contributed by atoms with Crippen LogP contribution in [0.25, 0.3) is 0 Å². The lowest BCUT2D eigenvalue weighted by Gasteiger charge is -2.15. The third-order valence-corrected chi connectivity index (χ3v) is 3.60. The second kappa shape index (κ2) is 7.86. The first kappa shape index (κ1) is 16.5. The average molecular weight is 345 g/mol. The summed E-state index contributed by atoms with van der Waals surface area (Å²) >= 11 is 3.38. The van der Waals surface area contributed by atoms with E-state index >= 15 is 0 Å². The van der Waals surface area contributed by atoms with E-state index in [2.05, 4.69) is 26.6 Å². The van der Waals surface area contributed by atoms with E-state index in [1.54, 1.807) is 6.07 Å². The van der Waals surface area contributed by atoms with Crippen molar-refractivity contribution in [1.82, 2.24) is 5.32 Å². The number of rotatable bonds is 6. The van der Waals surface area contributed by atoms with Gasteiger partial charge in [0.15, 0.2) is 0 Å². The molecule has 0 saturated carbocycles. The molecule has 0 bridgehead atoms. The Kier molecular flexibility index (Phi) is 6.47. The van der Waals surface area contributed by atoms with Crippen molar-refractivity contribution in [3.8, 4) is 0 Å². The van der Waals surface area contributed by atoms with Crippen molar-refractivity contribution >= 4 is 33.6 Å². The molecule has 0 fully saturated rings. The van der Waals surface area contributed by atoms with Gasteiger partial charge in [0.1, 0.15) is 0 Å². The minimum atomic E-state index is -0.970. The van der Waals surface area contributed by atoms with Gasteiger partial charge in [-0.2, -0.15) is 0 Å². The number of carbonyl (C=O) groups is 2. The highest BCUT2D eigenvalue weighted by Crippen LogP contribution is 2.23. The number of carboxylic acids is 1. The van der Waals surface area contributed by atoms with Gasteiger partial charge in [0, 0.05) is 23.8 Å². The van der Waals surface area contributed by atoms with Crippen molar-refractivity contribution in [1.29, 1.82) is 0 Å². The predicted octanol–water partition coefficient (Wildman–Crippen LogP) is 2.37. The molecule has 1 aromatic rings. The summed E-state index contributed by atoms with van der Waals surface area (Å²) in [6, 6.07) is 5.07. The van der Waals surface area contributed by atoms with E-state index in [0.717, 1.165) is 10.0 Å². The molecule has 7 heteroatoms. The van der Waals surface area contributed by atoms with Gasteiger partial charge in [-0.3, -0.25) is 4.79 Å². The zero-order valence-electron chi connectivity index (χ0n) is 11.3. The summed E-state index contributed by atoms with van der Waals surface area (Å²) in [7, 11) is 1.41. The zero-order chi connectivity index (χ0) is 15.1. The molecule has 0 heterocycles. The number of aliphatic carboxylic acids is 1. The molecule has 0 aliphatic carbocycles. The SMILES string of the molecule is COC(CNC(=O)Nc1cccc(Br)c1C)CC(=O)O. The van der Waals surface area contributed by atoms with Crippen LogP contribution in [-0.2, 0) is 9.53 Å². The lowest BCUT2D eigenvalue weighted by Crippen LogP contribution is -2.37. The highest BCUT2D eigenvalue weighted by molar-refractivity contribution is 9.10. The number of hydrogen-bond donors (Lipinski definition) is 3. The van der Waals surface area contributed by atoms with Crippen LogP contribution >= 0.6 is 15.9 Å². The van der Waals surface area contributed by atoms with E-state index in [9.17, 15) is 9.59 Å². The highest BCUT2D eigenvalue weighted by Gasteiger charge is 2.14. The van der Waals surface area contributed by atoms with Crippen LogP contribution in [0.15, 0.2) is 22.7 Å². The van der Waals surface area contributed by atoms with Crippen LogP contribution in [-0.4, -0.2) is 36.9 Å². The van der Waals surface area contributed by atoms with Crippen LogP contribution in [0.3, 0.4) is 0 Å². The summed E-state index contributed by atoms with van der Waals surface area (Å²) < 4.78 is 5.87. The van der Waals surface area contributed by atoms with Gasteiger partial charge in [0.25, 0.3) is 0 Å². The first-order valence-corrected chi connectivity index (χ1v) is 6.78. The van der Waals surface area contributed by atoms with Crippen molar-refractivity contribution in [2.45, 2.75) is 19.4 Å². The van der Waals surface area contributed by atoms with E-state index in [1.165, 1.54) is 7.11 Å². The number of methoxy groups -OCH3 is 1. The fraction of sp³-hybridized carbons (Fsp3) is 0.385. The van der Waals surface area contributed by atoms with Gasteiger partial charge in [-0.25, -0.2) is 4.79 Å². The largest absolute Gasteiger partial charge is 0.481 e. The van der Waals surface area contributed by atoms with E-state index in [0.29, 0.717) is 5.69 Å². The van der Waals surface area contributed by atoms with Crippen LogP contribution in [0.4, 0.5) is 10.5 Å². The van der Waals surface area contributed by atoms with Crippen LogP contribution in [0.2, 0.25) is 0 Å². The standard InChI is InChI=1S/C13H17BrN2O4/c1-8-10(14)4-3-5-11(8)16-13(19)15-7-9(20-2)6-12(17)18/h3-5,9H,6-7H2,1-2H3,(H,17,18)(H2,15,16,19). The second-order valence-electron chi connectivity index (χ2n) is 4.20. The summed E-state index contributed by atoms with van der Waals surface area (Å²) in [5.41, 5.74) is 1.60. The molecule has 0 radical (unpaired) electrons. The van der Waals surface area contributed by atoms with Gasteiger partial charge in [-0.05, 0) is 24.6 Å². The molecule has 0 aliphatic rings. The Morgan fingerprint density at radius 1 is 1.45 bits per heavy atom. The smallest absolute Gasteiger partial charge is 0.319 e. The fourth-order valence-corrected chi connectivity index (χ4v) is 1.92. The van der Waals surface area contributed by atoms with Crippen LogP contribution in [0.1, 0.15) is 12.0 Å². The summed E-state index contributed by atoms with van der Waals surface area (Å²) in [6.45, 7) is 2.00. The Hall–Kier alpha value is -1.60. The number of hydrogen-bond acceptors (Lipinski definition) is 3. The molecule has 1 aromatic carbocycles. The maximum atomic E-state index is 11.7. The normalized spacial score (nSPS) is 11.8. The molecular weight excluding hydrogens is 328 g/mol. The Morgan fingerprint density at radius 2 is 2.15 bits per heavy atom. The molecule has 0 spiro atoms. The van der Waals surface area contributed by atoms with Crippen molar-refractivity contribution < 1.29 is 19.4 Å². The van der Waals surface area contributed by atoms with Crippen molar-refractivity contribution in [2.75, 3.05) is 19.0 Å². The maximum absolute atomic E-state index is 11.7. The number of nitrogens with one attached hydrogen (secondary N) is 2. The molecule has 0 saturated heterocycles. The van der Waals surface area contributed by atoms with Gasteiger partial charge in [0.05, 0.1) is 12.5 Å². The molecule has 0 aromatic heterocycles. The van der Waals surface area contributed by atoms with E-state index in [1.807, 2.05) is 19.1 Å². The molecule has 0 aliphatic heterocycles. The number of halogens is 1. The third kappa shape index (κ3) is 5.18. The highest BCUT2D eigenvalue weighted by atomic mass is 79.9. The third-order valence-electron chi connectivity index (χ3n) is 2.74. The van der Waals surface area contributed by atoms with Crippen molar-refractivity contribution in [2.24, 2.45) is 0 Å². The molecule has 1 rings (SSSR count). The number of amides is 2. The lowest BCUT2D eigenvalue weighted by molar-refractivity contribution is -0.139. The molecule has 20 heavy (non-hydrogen) atoms. The van der Waals surface area contributed by atoms with Gasteiger partial charge < -0.3 is 20.5 Å². The van der Waals surface area contributed by atoms with Crippen LogP contribution < -0.4 is 10.6 Å². The molecule has 2 amide bonds. The van der Waals surface area contributed by atoms with Crippen LogP contribution in [0, 0.1) is 6.92 Å². The van der Waals surface area contributed by atoms with Gasteiger partial charge in [-0.1, -0.05) is 22.0 Å².